The second-order valence-electron chi connectivity index (χ2n) is 3.89. The van der Waals surface area contributed by atoms with Crippen LogP contribution in [0.25, 0.3) is 0 Å². The van der Waals surface area contributed by atoms with Gasteiger partial charge in [0.05, 0.1) is 0 Å². The van der Waals surface area contributed by atoms with Gasteiger partial charge < -0.3 is 0 Å². The predicted octanol–water partition coefficient (Wildman–Crippen LogP) is 0.763. The summed E-state index contributed by atoms with van der Waals surface area (Å²) in [4.78, 5) is 0. The first-order valence-electron chi connectivity index (χ1n) is 5.02. The van der Waals surface area contributed by atoms with Gasteiger partial charge >= 0.3 is 103 Å². The van der Waals surface area contributed by atoms with Crippen molar-refractivity contribution in [3.63, 3.8) is 0 Å². The third kappa shape index (κ3) is 4.00. The Labute approximate surface area is 103 Å². The Morgan fingerprint density at radius 1 is 1.44 bits per heavy atom. The predicted molar refractivity (Wildman–Crippen MR) is 66.7 cm³/mol. The number of ether oxygens (including phenoxy) is 1. The summed E-state index contributed by atoms with van der Waals surface area (Å²) in [6, 6.07) is 10.2. The van der Waals surface area contributed by atoms with Gasteiger partial charge in [-0.2, -0.15) is 0 Å². The van der Waals surface area contributed by atoms with Crippen LogP contribution in [0.15, 0.2) is 30.3 Å². The molecule has 1 aromatic carbocycles. The molecule has 1 atom stereocenters. The van der Waals surface area contributed by atoms with Crippen LogP contribution in [-0.2, 0) is 4.74 Å². The van der Waals surface area contributed by atoms with E-state index in [0.717, 1.165) is 0 Å². The topological polar surface area (TPSA) is 29.5 Å². The average molecular weight is 283 g/mol. The minimum absolute atomic E-state index is 0.257. The molecule has 0 bridgehead atoms. The summed E-state index contributed by atoms with van der Waals surface area (Å²) >= 11 is 0.257. The Bertz CT molecular complexity index is 354. The van der Waals surface area contributed by atoms with Gasteiger partial charge in [-0.25, -0.2) is 0 Å². The SMILES string of the molecule is C#CC(O)C(C)(C)OC[Se]c1ccccc1. The molecule has 3 heteroatoms. The Morgan fingerprint density at radius 3 is 2.62 bits per heavy atom. The van der Waals surface area contributed by atoms with E-state index in [9.17, 15) is 5.11 Å². The molecule has 0 amide bonds. The van der Waals surface area contributed by atoms with Crippen LogP contribution in [0.4, 0.5) is 0 Å². The Hall–Kier alpha value is -0.781. The van der Waals surface area contributed by atoms with Crippen molar-refractivity contribution in [1.29, 1.82) is 0 Å². The quantitative estimate of drug-likeness (QED) is 0.639. The van der Waals surface area contributed by atoms with Crippen molar-refractivity contribution in [3.05, 3.63) is 30.3 Å². The molecule has 0 saturated carbocycles. The number of hydrogen-bond donors (Lipinski definition) is 1. The first-order valence-corrected chi connectivity index (χ1v) is 7.09. The molecule has 1 unspecified atom stereocenters. The molecular formula is C13H16O2Se. The van der Waals surface area contributed by atoms with E-state index in [0.29, 0.717) is 5.51 Å². The average Bonchev–Trinajstić information content (AvgIpc) is 2.29. The number of aliphatic hydroxyl groups is 1. The molecule has 0 spiro atoms. The summed E-state index contributed by atoms with van der Waals surface area (Å²) in [5, 5.41) is 9.53. The van der Waals surface area contributed by atoms with Gasteiger partial charge in [0.1, 0.15) is 0 Å². The van der Waals surface area contributed by atoms with Crippen LogP contribution in [0.1, 0.15) is 13.8 Å². The standard InChI is InChI=1S/C13H16O2Se/c1-4-12(14)13(2,3)15-10-16-11-8-6-5-7-9-11/h1,5-9,12,14H,10H2,2-3H3. The zero-order valence-electron chi connectivity index (χ0n) is 9.51. The van der Waals surface area contributed by atoms with Crippen LogP contribution in [0.2, 0.25) is 0 Å². The van der Waals surface area contributed by atoms with Gasteiger partial charge in [0.15, 0.2) is 0 Å². The van der Waals surface area contributed by atoms with Gasteiger partial charge in [-0.3, -0.25) is 0 Å². The molecule has 0 heterocycles. The molecule has 1 N–H and O–H groups in total. The number of hydrogen-bond acceptors (Lipinski definition) is 2. The third-order valence-electron chi connectivity index (χ3n) is 2.22. The van der Waals surface area contributed by atoms with Gasteiger partial charge in [0.25, 0.3) is 0 Å². The molecule has 0 aliphatic heterocycles. The number of benzene rings is 1. The number of rotatable bonds is 5. The maximum absolute atomic E-state index is 9.53. The molecule has 86 valence electrons. The van der Waals surface area contributed by atoms with E-state index in [1.54, 1.807) is 13.8 Å². The summed E-state index contributed by atoms with van der Waals surface area (Å²) in [5.41, 5.74) is -0.0615. The molecule has 1 rings (SSSR count). The van der Waals surface area contributed by atoms with Crippen molar-refractivity contribution >= 4 is 19.4 Å². The van der Waals surface area contributed by atoms with Gasteiger partial charge in [-0.15, -0.1) is 0 Å². The van der Waals surface area contributed by atoms with Crippen LogP contribution in [-0.4, -0.2) is 37.3 Å². The van der Waals surface area contributed by atoms with Crippen molar-refractivity contribution in [1.82, 2.24) is 0 Å². The van der Waals surface area contributed by atoms with E-state index in [-0.39, 0.29) is 15.0 Å². The third-order valence-corrected chi connectivity index (χ3v) is 3.98. The second-order valence-corrected chi connectivity index (χ2v) is 5.98. The van der Waals surface area contributed by atoms with Gasteiger partial charge in [-0.1, -0.05) is 0 Å². The van der Waals surface area contributed by atoms with Gasteiger partial charge in [0.2, 0.25) is 0 Å². The van der Waals surface area contributed by atoms with Crippen molar-refractivity contribution in [2.75, 3.05) is 5.51 Å². The Kier molecular flexibility index (Phi) is 5.05. The molecule has 0 fully saturated rings. The number of aliphatic hydroxyl groups excluding tert-OH is 1. The van der Waals surface area contributed by atoms with Gasteiger partial charge in [-0.05, 0) is 0 Å². The summed E-state index contributed by atoms with van der Waals surface area (Å²) in [5.74, 6) is 2.29. The van der Waals surface area contributed by atoms with Gasteiger partial charge in [0, 0.05) is 0 Å². The molecule has 0 saturated heterocycles. The van der Waals surface area contributed by atoms with Crippen molar-refractivity contribution in [2.45, 2.75) is 25.6 Å². The molecule has 0 aromatic heterocycles. The summed E-state index contributed by atoms with van der Waals surface area (Å²) in [6.45, 7) is 3.61. The fourth-order valence-electron chi connectivity index (χ4n) is 1.05. The van der Waals surface area contributed by atoms with E-state index in [1.807, 2.05) is 18.2 Å². The fraction of sp³-hybridized carbons (Fsp3) is 0.385. The molecule has 0 aliphatic carbocycles. The van der Waals surface area contributed by atoms with E-state index in [2.05, 4.69) is 18.1 Å². The van der Waals surface area contributed by atoms with Crippen LogP contribution in [0.3, 0.4) is 0 Å². The summed E-state index contributed by atoms with van der Waals surface area (Å²) < 4.78 is 6.90. The molecule has 16 heavy (non-hydrogen) atoms. The normalized spacial score (nSPS) is 13.1. The monoisotopic (exact) mass is 284 g/mol. The molecule has 0 radical (unpaired) electrons. The molecule has 0 aliphatic rings. The zero-order chi connectivity index (χ0) is 12.0. The second kappa shape index (κ2) is 6.08. The van der Waals surface area contributed by atoms with Crippen LogP contribution in [0.5, 0.6) is 0 Å². The van der Waals surface area contributed by atoms with Crippen molar-refractivity contribution in [2.24, 2.45) is 0 Å². The van der Waals surface area contributed by atoms with Crippen molar-refractivity contribution in [3.8, 4) is 12.3 Å². The Morgan fingerprint density at radius 2 is 2.06 bits per heavy atom. The van der Waals surface area contributed by atoms with Crippen LogP contribution >= 0.6 is 0 Å². The molecular weight excluding hydrogens is 267 g/mol. The van der Waals surface area contributed by atoms with Crippen molar-refractivity contribution < 1.29 is 9.84 Å². The number of terminal acetylenes is 1. The fourth-order valence-corrected chi connectivity index (χ4v) is 2.83. The van der Waals surface area contributed by atoms with Crippen LogP contribution in [0, 0.1) is 12.3 Å². The Balaban J connectivity index is 2.39. The minimum atomic E-state index is -0.862. The summed E-state index contributed by atoms with van der Waals surface area (Å²) in [6.07, 6.45) is 4.30. The molecule has 2 nitrogen and oxygen atoms in total. The van der Waals surface area contributed by atoms with Crippen LogP contribution < -0.4 is 4.46 Å². The molecule has 1 aromatic rings. The van der Waals surface area contributed by atoms with E-state index in [1.165, 1.54) is 4.46 Å². The maximum atomic E-state index is 9.53. The van der Waals surface area contributed by atoms with E-state index in [4.69, 9.17) is 11.2 Å². The first-order chi connectivity index (χ1) is 7.56. The summed E-state index contributed by atoms with van der Waals surface area (Å²) in [7, 11) is 0. The first kappa shape index (κ1) is 13.3. The van der Waals surface area contributed by atoms with E-state index >= 15 is 0 Å². The zero-order valence-corrected chi connectivity index (χ0v) is 11.2. The van der Waals surface area contributed by atoms with E-state index < -0.39 is 11.7 Å².